The van der Waals surface area contributed by atoms with Gasteiger partial charge in [-0.25, -0.2) is 0 Å². The number of hydrogen-bond donors (Lipinski definition) is 0. The van der Waals surface area contributed by atoms with Crippen molar-refractivity contribution in [3.05, 3.63) is 89.5 Å². The highest BCUT2D eigenvalue weighted by molar-refractivity contribution is 7.99. The predicted molar refractivity (Wildman–Crippen MR) is 122 cm³/mol. The Morgan fingerprint density at radius 2 is 1.17 bits per heavy atom. The highest BCUT2D eigenvalue weighted by Crippen LogP contribution is 2.21. The van der Waals surface area contributed by atoms with E-state index in [0.29, 0.717) is 11.5 Å². The molecular weight excluding hydrogens is 418 g/mol. The SMILES string of the molecule is COc1ccc(CS(Cc2ccc(OC)cc2)=NS(=O)(=O)c2ccc(C)cc2)cc1. The summed E-state index contributed by atoms with van der Waals surface area (Å²) in [6.45, 7) is 1.92. The average Bonchev–Trinajstić information content (AvgIpc) is 2.75. The van der Waals surface area contributed by atoms with Gasteiger partial charge in [-0.2, -0.15) is 8.42 Å². The molecule has 0 radical (unpaired) electrons. The van der Waals surface area contributed by atoms with Crippen LogP contribution < -0.4 is 9.47 Å². The summed E-state index contributed by atoms with van der Waals surface area (Å²) in [6, 6.07) is 22.1. The van der Waals surface area contributed by atoms with E-state index in [9.17, 15) is 8.42 Å². The van der Waals surface area contributed by atoms with Crippen LogP contribution in [0.2, 0.25) is 0 Å². The molecule has 5 nitrogen and oxygen atoms in total. The second-order valence-corrected chi connectivity index (χ2v) is 10.3. The highest BCUT2D eigenvalue weighted by Gasteiger charge is 2.15. The van der Waals surface area contributed by atoms with Crippen molar-refractivity contribution in [3.8, 4) is 11.5 Å². The fraction of sp³-hybridized carbons (Fsp3) is 0.217. The Kier molecular flexibility index (Phi) is 7.29. The second kappa shape index (κ2) is 9.91. The first kappa shape index (κ1) is 22.1. The number of benzene rings is 3. The number of methoxy groups -OCH3 is 2. The van der Waals surface area contributed by atoms with Gasteiger partial charge in [-0.05, 0) is 54.4 Å². The van der Waals surface area contributed by atoms with Crippen LogP contribution in [0.3, 0.4) is 0 Å². The van der Waals surface area contributed by atoms with Crippen molar-refractivity contribution in [2.24, 2.45) is 3.77 Å². The Morgan fingerprint density at radius 3 is 1.57 bits per heavy atom. The Hall–Kier alpha value is -2.64. The predicted octanol–water partition coefficient (Wildman–Crippen LogP) is 4.90. The molecule has 3 aromatic carbocycles. The molecule has 0 saturated carbocycles. The van der Waals surface area contributed by atoms with Crippen LogP contribution >= 0.6 is 0 Å². The summed E-state index contributed by atoms with van der Waals surface area (Å²) < 4.78 is 40.6. The van der Waals surface area contributed by atoms with Crippen molar-refractivity contribution >= 4 is 20.7 Å². The number of rotatable bonds is 8. The fourth-order valence-corrected chi connectivity index (χ4v) is 6.44. The Labute approximate surface area is 180 Å². The van der Waals surface area contributed by atoms with Crippen molar-refractivity contribution in [1.82, 2.24) is 0 Å². The van der Waals surface area contributed by atoms with Crippen LogP contribution in [0.15, 0.2) is 81.5 Å². The van der Waals surface area contributed by atoms with Crippen molar-refractivity contribution in [1.29, 1.82) is 0 Å². The zero-order valence-corrected chi connectivity index (χ0v) is 18.9. The molecule has 0 N–H and O–H groups in total. The molecule has 0 aliphatic carbocycles. The van der Waals surface area contributed by atoms with Crippen LogP contribution in [0.25, 0.3) is 0 Å². The molecule has 3 aromatic rings. The molecule has 0 spiro atoms. The van der Waals surface area contributed by atoms with E-state index in [-0.39, 0.29) is 4.90 Å². The van der Waals surface area contributed by atoms with Gasteiger partial charge in [-0.1, -0.05) is 52.7 Å². The molecule has 0 saturated heterocycles. The van der Waals surface area contributed by atoms with Crippen LogP contribution in [0.5, 0.6) is 11.5 Å². The Morgan fingerprint density at radius 1 is 0.733 bits per heavy atom. The zero-order chi connectivity index (χ0) is 21.6. The van der Waals surface area contributed by atoms with E-state index in [0.717, 1.165) is 28.2 Å². The standard InChI is InChI=1S/C23H25NO4S2/c1-18-4-14-23(15-5-18)30(25,26)24-29(16-19-6-10-21(27-2)11-7-19)17-20-8-12-22(28-3)13-9-20/h4-15H,16-17H2,1-3H3. The molecule has 7 heteroatoms. The van der Waals surface area contributed by atoms with Gasteiger partial charge >= 0.3 is 0 Å². The van der Waals surface area contributed by atoms with Crippen molar-refractivity contribution in [2.75, 3.05) is 14.2 Å². The minimum atomic E-state index is -3.75. The molecule has 0 bridgehead atoms. The van der Waals surface area contributed by atoms with E-state index in [4.69, 9.17) is 9.47 Å². The van der Waals surface area contributed by atoms with Crippen LogP contribution in [0, 0.1) is 6.92 Å². The minimum Gasteiger partial charge on any atom is -0.497 e. The van der Waals surface area contributed by atoms with Crippen LogP contribution in [-0.2, 0) is 32.2 Å². The third-order valence-corrected chi connectivity index (χ3v) is 8.34. The lowest BCUT2D eigenvalue weighted by molar-refractivity contribution is 0.414. The van der Waals surface area contributed by atoms with Crippen LogP contribution in [-0.4, -0.2) is 22.6 Å². The van der Waals surface area contributed by atoms with Gasteiger partial charge in [0.15, 0.2) is 0 Å². The lowest BCUT2D eigenvalue weighted by Gasteiger charge is -2.11. The second-order valence-electron chi connectivity index (χ2n) is 6.81. The molecule has 0 aliphatic heterocycles. The molecule has 0 aliphatic rings. The summed E-state index contributed by atoms with van der Waals surface area (Å²) in [4.78, 5) is 0.218. The van der Waals surface area contributed by atoms with E-state index < -0.39 is 20.7 Å². The van der Waals surface area contributed by atoms with Crippen LogP contribution in [0.1, 0.15) is 16.7 Å². The van der Waals surface area contributed by atoms with Gasteiger partial charge in [-0.15, -0.1) is 3.77 Å². The molecule has 158 valence electrons. The molecule has 0 aromatic heterocycles. The normalized spacial score (nSPS) is 11.3. The summed E-state index contributed by atoms with van der Waals surface area (Å²) in [5.74, 6) is 2.58. The first-order chi connectivity index (χ1) is 14.4. The maximum absolute atomic E-state index is 12.9. The molecule has 0 heterocycles. The molecule has 0 fully saturated rings. The maximum Gasteiger partial charge on any atom is 0.287 e. The average molecular weight is 444 g/mol. The first-order valence-electron chi connectivity index (χ1n) is 9.38. The topological polar surface area (TPSA) is 65.0 Å². The summed E-state index contributed by atoms with van der Waals surface area (Å²) in [5.41, 5.74) is 3.02. The molecule has 3 rings (SSSR count). The molecule has 0 atom stereocenters. The first-order valence-corrected chi connectivity index (χ1v) is 12.3. The van der Waals surface area contributed by atoms with E-state index in [2.05, 4.69) is 3.77 Å². The largest absolute Gasteiger partial charge is 0.497 e. The third kappa shape index (κ3) is 5.93. The van der Waals surface area contributed by atoms with Gasteiger partial charge in [-0.3, -0.25) is 0 Å². The third-order valence-electron chi connectivity index (χ3n) is 4.51. The summed E-state index contributed by atoms with van der Waals surface area (Å²) in [6.07, 6.45) is 0. The summed E-state index contributed by atoms with van der Waals surface area (Å²) in [7, 11) is -1.28. The van der Waals surface area contributed by atoms with E-state index in [1.807, 2.05) is 55.5 Å². The highest BCUT2D eigenvalue weighted by atomic mass is 32.3. The summed E-state index contributed by atoms with van der Waals surface area (Å²) in [5, 5.41) is 0. The van der Waals surface area contributed by atoms with Gasteiger partial charge in [0.2, 0.25) is 0 Å². The van der Waals surface area contributed by atoms with E-state index >= 15 is 0 Å². The minimum absolute atomic E-state index is 0.218. The van der Waals surface area contributed by atoms with Gasteiger partial charge in [0.05, 0.1) is 19.1 Å². The van der Waals surface area contributed by atoms with Crippen molar-refractivity contribution in [2.45, 2.75) is 23.3 Å². The number of ether oxygens (including phenoxy) is 2. The quantitative estimate of drug-likeness (QED) is 0.497. The van der Waals surface area contributed by atoms with Gasteiger partial charge < -0.3 is 9.47 Å². The van der Waals surface area contributed by atoms with Gasteiger partial charge in [0.1, 0.15) is 11.5 Å². The van der Waals surface area contributed by atoms with E-state index in [1.165, 1.54) is 0 Å². The van der Waals surface area contributed by atoms with Crippen molar-refractivity contribution in [3.63, 3.8) is 0 Å². The van der Waals surface area contributed by atoms with Gasteiger partial charge in [0.25, 0.3) is 10.0 Å². The monoisotopic (exact) mass is 443 g/mol. The fourth-order valence-electron chi connectivity index (χ4n) is 2.82. The molecular formula is C23H25NO4S2. The molecule has 0 amide bonds. The lowest BCUT2D eigenvalue weighted by Crippen LogP contribution is -2.05. The Balaban J connectivity index is 1.93. The smallest absolute Gasteiger partial charge is 0.287 e. The lowest BCUT2D eigenvalue weighted by atomic mass is 10.2. The van der Waals surface area contributed by atoms with E-state index in [1.54, 1.807) is 38.5 Å². The molecule has 0 unspecified atom stereocenters. The number of nitrogens with zero attached hydrogens (tertiary/aromatic N) is 1. The number of sulfonamides is 1. The summed E-state index contributed by atoms with van der Waals surface area (Å²) >= 11 is 0. The number of hydrogen-bond acceptors (Lipinski definition) is 4. The maximum atomic E-state index is 12.9. The van der Waals surface area contributed by atoms with Crippen LogP contribution in [0.4, 0.5) is 0 Å². The number of aryl methyl sites for hydroxylation is 1. The zero-order valence-electron chi connectivity index (χ0n) is 17.2. The molecule has 30 heavy (non-hydrogen) atoms. The van der Waals surface area contributed by atoms with Crippen molar-refractivity contribution < 1.29 is 17.9 Å². The van der Waals surface area contributed by atoms with Gasteiger partial charge in [0, 0.05) is 11.5 Å². The Bertz CT molecular complexity index is 1050.